The number of nitro benzene ring substituents is 1. The Morgan fingerprint density at radius 2 is 1.88 bits per heavy atom. The Balaban J connectivity index is 2.08. The maximum atomic E-state index is 13.9. The number of nitro groups is 1. The third-order valence-corrected chi connectivity index (χ3v) is 3.47. The van der Waals surface area contributed by atoms with E-state index in [1.54, 1.807) is 0 Å². The molecule has 0 bridgehead atoms. The van der Waals surface area contributed by atoms with Gasteiger partial charge < -0.3 is 9.63 Å². The van der Waals surface area contributed by atoms with Crippen LogP contribution in [0.1, 0.15) is 5.56 Å². The first-order valence-electron chi connectivity index (χ1n) is 6.81. The molecule has 0 saturated heterocycles. The van der Waals surface area contributed by atoms with Crippen LogP contribution in [-0.4, -0.2) is 15.2 Å². The molecule has 1 heterocycles. The van der Waals surface area contributed by atoms with Gasteiger partial charge in [0.2, 0.25) is 0 Å². The van der Waals surface area contributed by atoms with Crippen molar-refractivity contribution >= 4 is 5.69 Å². The minimum absolute atomic E-state index is 0.0247. The summed E-state index contributed by atoms with van der Waals surface area (Å²) in [5.74, 6) is -1.61. The van der Waals surface area contributed by atoms with Crippen LogP contribution in [0, 0.1) is 21.7 Å². The van der Waals surface area contributed by atoms with Crippen LogP contribution in [-0.2, 0) is 6.61 Å². The lowest BCUT2D eigenvalue weighted by molar-refractivity contribution is -0.384. The SMILES string of the molecule is O=[N+]([O-])c1ccc(-c2noc(-c3ccc(F)cc3F)c2CO)cc1. The van der Waals surface area contributed by atoms with Crippen LogP contribution in [0.3, 0.4) is 0 Å². The number of non-ortho nitro benzene ring substituents is 1. The Kier molecular flexibility index (Phi) is 4.05. The highest BCUT2D eigenvalue weighted by atomic mass is 19.1. The number of benzene rings is 2. The van der Waals surface area contributed by atoms with E-state index in [1.165, 1.54) is 30.3 Å². The smallest absolute Gasteiger partial charge is 0.269 e. The predicted molar refractivity (Wildman–Crippen MR) is 79.9 cm³/mol. The number of hydrogen-bond acceptors (Lipinski definition) is 5. The van der Waals surface area contributed by atoms with Gasteiger partial charge in [-0.25, -0.2) is 8.78 Å². The molecule has 3 rings (SSSR count). The van der Waals surface area contributed by atoms with Gasteiger partial charge in [0.1, 0.15) is 17.3 Å². The molecular weight excluding hydrogens is 322 g/mol. The lowest BCUT2D eigenvalue weighted by atomic mass is 10.0. The van der Waals surface area contributed by atoms with Crippen molar-refractivity contribution in [3.05, 3.63) is 69.8 Å². The quantitative estimate of drug-likeness (QED) is 0.581. The van der Waals surface area contributed by atoms with Gasteiger partial charge in [0.25, 0.3) is 5.69 Å². The molecule has 2 aromatic carbocycles. The van der Waals surface area contributed by atoms with Gasteiger partial charge in [-0.3, -0.25) is 10.1 Å². The van der Waals surface area contributed by atoms with Crippen molar-refractivity contribution in [2.24, 2.45) is 0 Å². The van der Waals surface area contributed by atoms with E-state index in [0.717, 1.165) is 6.07 Å². The fourth-order valence-corrected chi connectivity index (χ4v) is 2.31. The monoisotopic (exact) mass is 332 g/mol. The molecule has 24 heavy (non-hydrogen) atoms. The summed E-state index contributed by atoms with van der Waals surface area (Å²) in [5.41, 5.74) is 0.751. The first-order valence-corrected chi connectivity index (χ1v) is 6.81. The van der Waals surface area contributed by atoms with E-state index in [9.17, 15) is 24.0 Å². The van der Waals surface area contributed by atoms with Crippen molar-refractivity contribution in [3.63, 3.8) is 0 Å². The summed E-state index contributed by atoms with van der Waals surface area (Å²) < 4.78 is 32.1. The molecule has 0 radical (unpaired) electrons. The van der Waals surface area contributed by atoms with Crippen LogP contribution in [0.5, 0.6) is 0 Å². The van der Waals surface area contributed by atoms with E-state index in [1.807, 2.05) is 0 Å². The van der Waals surface area contributed by atoms with E-state index in [-0.39, 0.29) is 28.3 Å². The number of halogens is 2. The molecule has 0 amide bonds. The molecule has 122 valence electrons. The van der Waals surface area contributed by atoms with Gasteiger partial charge >= 0.3 is 0 Å². The van der Waals surface area contributed by atoms with Crippen molar-refractivity contribution < 1.29 is 23.3 Å². The molecule has 0 spiro atoms. The Bertz CT molecular complexity index is 907. The first kappa shape index (κ1) is 15.8. The molecule has 0 aliphatic rings. The summed E-state index contributed by atoms with van der Waals surface area (Å²) in [4.78, 5) is 10.1. The van der Waals surface area contributed by atoms with Crippen molar-refractivity contribution in [3.8, 4) is 22.6 Å². The molecule has 0 atom stereocenters. The van der Waals surface area contributed by atoms with Gasteiger partial charge in [-0.1, -0.05) is 5.16 Å². The minimum Gasteiger partial charge on any atom is -0.391 e. The molecule has 0 unspecified atom stereocenters. The maximum Gasteiger partial charge on any atom is 0.269 e. The molecule has 1 N–H and O–H groups in total. The van der Waals surface area contributed by atoms with E-state index >= 15 is 0 Å². The van der Waals surface area contributed by atoms with E-state index in [4.69, 9.17) is 4.52 Å². The van der Waals surface area contributed by atoms with Gasteiger partial charge in [-0.15, -0.1) is 0 Å². The number of rotatable bonds is 4. The number of aliphatic hydroxyl groups excluding tert-OH is 1. The topological polar surface area (TPSA) is 89.4 Å². The second-order valence-corrected chi connectivity index (χ2v) is 4.93. The summed E-state index contributed by atoms with van der Waals surface area (Å²) in [5, 5.41) is 24.1. The van der Waals surface area contributed by atoms with Crippen LogP contribution in [0.15, 0.2) is 47.0 Å². The second-order valence-electron chi connectivity index (χ2n) is 4.93. The van der Waals surface area contributed by atoms with Crippen LogP contribution in [0.4, 0.5) is 14.5 Å². The van der Waals surface area contributed by atoms with Crippen molar-refractivity contribution in [2.45, 2.75) is 6.61 Å². The highest BCUT2D eigenvalue weighted by Crippen LogP contribution is 2.34. The number of aromatic nitrogens is 1. The molecule has 3 aromatic rings. The van der Waals surface area contributed by atoms with Gasteiger partial charge in [-0.05, 0) is 24.3 Å². The van der Waals surface area contributed by atoms with Gasteiger partial charge in [0, 0.05) is 23.8 Å². The average Bonchev–Trinajstić information content (AvgIpc) is 2.98. The van der Waals surface area contributed by atoms with Crippen LogP contribution < -0.4 is 0 Å². The molecule has 0 saturated carbocycles. The highest BCUT2D eigenvalue weighted by Gasteiger charge is 2.21. The van der Waals surface area contributed by atoms with Gasteiger partial charge in [-0.2, -0.15) is 0 Å². The summed E-state index contributed by atoms with van der Waals surface area (Å²) in [6.45, 7) is -0.498. The Hall–Kier alpha value is -3.13. The Morgan fingerprint density at radius 1 is 1.17 bits per heavy atom. The lowest BCUT2D eigenvalue weighted by Crippen LogP contribution is -1.92. The van der Waals surface area contributed by atoms with Crippen LogP contribution >= 0.6 is 0 Å². The third-order valence-electron chi connectivity index (χ3n) is 3.47. The van der Waals surface area contributed by atoms with E-state index in [0.29, 0.717) is 11.6 Å². The molecule has 0 fully saturated rings. The molecule has 1 aromatic heterocycles. The highest BCUT2D eigenvalue weighted by molar-refractivity contribution is 5.73. The standard InChI is InChI=1S/C16H10F2N2O4/c17-10-3-6-12(14(18)7-10)16-13(8-21)15(19-24-16)9-1-4-11(5-2-9)20(22)23/h1-7,21H,8H2. The molecular formula is C16H10F2N2O4. The molecule has 0 aliphatic carbocycles. The fraction of sp³-hybridized carbons (Fsp3) is 0.0625. The van der Waals surface area contributed by atoms with Crippen molar-refractivity contribution in [2.75, 3.05) is 0 Å². The van der Waals surface area contributed by atoms with Gasteiger partial charge in [0.05, 0.1) is 22.7 Å². The van der Waals surface area contributed by atoms with Crippen LogP contribution in [0.2, 0.25) is 0 Å². The second kappa shape index (κ2) is 6.17. The van der Waals surface area contributed by atoms with Crippen LogP contribution in [0.25, 0.3) is 22.6 Å². The average molecular weight is 332 g/mol. The van der Waals surface area contributed by atoms with Gasteiger partial charge in [0.15, 0.2) is 5.76 Å². The zero-order valence-electron chi connectivity index (χ0n) is 12.1. The molecule has 6 nitrogen and oxygen atoms in total. The summed E-state index contributed by atoms with van der Waals surface area (Å²) >= 11 is 0. The molecule has 0 aliphatic heterocycles. The first-order chi connectivity index (χ1) is 11.5. The third kappa shape index (κ3) is 2.74. The minimum atomic E-state index is -0.851. The maximum absolute atomic E-state index is 13.9. The lowest BCUT2D eigenvalue weighted by Gasteiger charge is -2.03. The Labute approximate surface area is 134 Å². The molecule has 8 heteroatoms. The van der Waals surface area contributed by atoms with E-state index < -0.39 is 23.2 Å². The summed E-state index contributed by atoms with van der Waals surface area (Å²) in [6, 6.07) is 8.40. The predicted octanol–water partition coefficient (Wildman–Crippen LogP) is 3.69. The zero-order chi connectivity index (χ0) is 17.3. The summed E-state index contributed by atoms with van der Waals surface area (Å²) in [7, 11) is 0. The largest absolute Gasteiger partial charge is 0.391 e. The number of aliphatic hydroxyl groups is 1. The number of hydrogen-bond donors (Lipinski definition) is 1. The Morgan fingerprint density at radius 3 is 2.46 bits per heavy atom. The number of nitrogens with zero attached hydrogens (tertiary/aromatic N) is 2. The summed E-state index contributed by atoms with van der Waals surface area (Å²) in [6.07, 6.45) is 0. The van der Waals surface area contributed by atoms with Crippen molar-refractivity contribution in [1.29, 1.82) is 0 Å². The fourth-order valence-electron chi connectivity index (χ4n) is 2.31. The normalized spacial score (nSPS) is 10.8. The van der Waals surface area contributed by atoms with E-state index in [2.05, 4.69) is 5.16 Å². The van der Waals surface area contributed by atoms with Crippen molar-refractivity contribution in [1.82, 2.24) is 5.16 Å². The zero-order valence-corrected chi connectivity index (χ0v) is 12.1.